The van der Waals surface area contributed by atoms with Gasteiger partial charge in [-0.25, -0.2) is 4.79 Å². The molecule has 0 radical (unpaired) electrons. The van der Waals surface area contributed by atoms with Crippen LogP contribution in [0.2, 0.25) is 0 Å². The molecule has 0 bridgehead atoms. The minimum atomic E-state index is -1.09. The van der Waals surface area contributed by atoms with Gasteiger partial charge in [0.25, 0.3) is 5.91 Å². The zero-order chi connectivity index (χ0) is 19.8. The smallest absolute Gasteiger partial charge is 0.341 e. The van der Waals surface area contributed by atoms with Gasteiger partial charge in [-0.15, -0.1) is 0 Å². The number of hydrogen-bond acceptors (Lipinski definition) is 5. The Morgan fingerprint density at radius 1 is 0.963 bits per heavy atom. The molecule has 0 fully saturated rings. The van der Waals surface area contributed by atoms with Gasteiger partial charge in [0.2, 0.25) is 0 Å². The SMILES string of the molecule is CCOc1ccc(NC(=O)c2ccc(OCC(=O)O)c(OCC)c2)c(C)c1. The fraction of sp³-hybridized carbons (Fsp3) is 0.300. The number of ether oxygens (including phenoxy) is 3. The first-order valence-electron chi connectivity index (χ1n) is 8.60. The van der Waals surface area contributed by atoms with E-state index in [0.717, 1.165) is 11.3 Å². The molecule has 0 saturated carbocycles. The number of anilines is 1. The molecule has 0 unspecified atom stereocenters. The minimum Gasteiger partial charge on any atom is -0.494 e. The van der Waals surface area contributed by atoms with Crippen LogP contribution in [-0.2, 0) is 4.79 Å². The number of aliphatic carboxylic acids is 1. The van der Waals surface area contributed by atoms with Crippen LogP contribution < -0.4 is 19.5 Å². The van der Waals surface area contributed by atoms with Crippen molar-refractivity contribution < 1.29 is 28.9 Å². The molecule has 0 aliphatic heterocycles. The van der Waals surface area contributed by atoms with E-state index in [9.17, 15) is 9.59 Å². The molecule has 0 saturated heterocycles. The van der Waals surface area contributed by atoms with E-state index in [1.807, 2.05) is 19.9 Å². The van der Waals surface area contributed by atoms with Crippen LogP contribution in [0, 0.1) is 6.92 Å². The number of hydrogen-bond donors (Lipinski definition) is 2. The first-order chi connectivity index (χ1) is 12.9. The second-order valence-electron chi connectivity index (χ2n) is 5.64. The quantitative estimate of drug-likeness (QED) is 0.699. The number of carboxylic acid groups (broad SMARTS) is 1. The van der Waals surface area contributed by atoms with Crippen molar-refractivity contribution >= 4 is 17.6 Å². The Morgan fingerprint density at radius 2 is 1.70 bits per heavy atom. The third-order valence-corrected chi connectivity index (χ3v) is 3.61. The first kappa shape index (κ1) is 20.1. The molecular formula is C20H23NO6. The highest BCUT2D eigenvalue weighted by Crippen LogP contribution is 2.29. The Bertz CT molecular complexity index is 818. The molecular weight excluding hydrogens is 350 g/mol. The molecule has 144 valence electrons. The maximum atomic E-state index is 12.6. The maximum Gasteiger partial charge on any atom is 0.341 e. The normalized spacial score (nSPS) is 10.2. The average Bonchev–Trinajstić information content (AvgIpc) is 2.63. The molecule has 27 heavy (non-hydrogen) atoms. The molecule has 0 heterocycles. The van der Waals surface area contributed by atoms with Gasteiger partial charge in [0.15, 0.2) is 18.1 Å². The molecule has 0 aliphatic rings. The molecule has 0 atom stereocenters. The summed E-state index contributed by atoms with van der Waals surface area (Å²) in [7, 11) is 0. The average molecular weight is 373 g/mol. The molecule has 2 N–H and O–H groups in total. The number of carbonyl (C=O) groups excluding carboxylic acids is 1. The summed E-state index contributed by atoms with van der Waals surface area (Å²) in [6.07, 6.45) is 0. The summed E-state index contributed by atoms with van der Waals surface area (Å²) in [5.74, 6) is -0.0762. The highest BCUT2D eigenvalue weighted by Gasteiger charge is 2.14. The Balaban J connectivity index is 2.18. The van der Waals surface area contributed by atoms with E-state index in [-0.39, 0.29) is 11.7 Å². The minimum absolute atomic E-state index is 0.271. The summed E-state index contributed by atoms with van der Waals surface area (Å²) in [5, 5.41) is 11.6. The fourth-order valence-corrected chi connectivity index (χ4v) is 2.40. The van der Waals surface area contributed by atoms with Crippen LogP contribution in [0.15, 0.2) is 36.4 Å². The van der Waals surface area contributed by atoms with Crippen LogP contribution in [-0.4, -0.2) is 36.8 Å². The Hall–Kier alpha value is -3.22. The highest BCUT2D eigenvalue weighted by molar-refractivity contribution is 6.05. The molecule has 1 amide bonds. The third kappa shape index (κ3) is 5.64. The van der Waals surface area contributed by atoms with Gasteiger partial charge in [-0.3, -0.25) is 4.79 Å². The lowest BCUT2D eigenvalue weighted by Crippen LogP contribution is -2.14. The summed E-state index contributed by atoms with van der Waals surface area (Å²) in [4.78, 5) is 23.3. The van der Waals surface area contributed by atoms with Crippen molar-refractivity contribution in [1.29, 1.82) is 0 Å². The maximum absolute atomic E-state index is 12.6. The molecule has 0 aromatic heterocycles. The highest BCUT2D eigenvalue weighted by atomic mass is 16.5. The Kier molecular flexibility index (Phi) is 7.05. The van der Waals surface area contributed by atoms with Crippen molar-refractivity contribution in [2.45, 2.75) is 20.8 Å². The van der Waals surface area contributed by atoms with E-state index in [1.54, 1.807) is 25.1 Å². The van der Waals surface area contributed by atoms with Gasteiger partial charge in [-0.1, -0.05) is 0 Å². The van der Waals surface area contributed by atoms with E-state index in [4.69, 9.17) is 19.3 Å². The lowest BCUT2D eigenvalue weighted by molar-refractivity contribution is -0.139. The van der Waals surface area contributed by atoms with Gasteiger partial charge >= 0.3 is 5.97 Å². The Labute approximate surface area is 157 Å². The summed E-state index contributed by atoms with van der Waals surface area (Å²) in [5.41, 5.74) is 1.92. The lowest BCUT2D eigenvalue weighted by Gasteiger charge is -2.13. The second-order valence-corrected chi connectivity index (χ2v) is 5.64. The van der Waals surface area contributed by atoms with Gasteiger partial charge in [0.1, 0.15) is 5.75 Å². The second kappa shape index (κ2) is 9.47. The van der Waals surface area contributed by atoms with E-state index in [2.05, 4.69) is 5.32 Å². The van der Waals surface area contributed by atoms with Crippen LogP contribution in [0.3, 0.4) is 0 Å². The van der Waals surface area contributed by atoms with Gasteiger partial charge in [0.05, 0.1) is 13.2 Å². The van der Waals surface area contributed by atoms with Gasteiger partial charge in [0, 0.05) is 11.3 Å². The number of nitrogens with one attached hydrogen (secondary N) is 1. The van der Waals surface area contributed by atoms with E-state index >= 15 is 0 Å². The van der Waals surface area contributed by atoms with Crippen molar-refractivity contribution in [3.63, 3.8) is 0 Å². The predicted molar refractivity (Wildman–Crippen MR) is 101 cm³/mol. The Morgan fingerprint density at radius 3 is 2.33 bits per heavy atom. The molecule has 0 aliphatic carbocycles. The number of aryl methyl sites for hydroxylation is 1. The van der Waals surface area contributed by atoms with Crippen LogP contribution in [0.5, 0.6) is 17.2 Å². The van der Waals surface area contributed by atoms with Crippen molar-refractivity contribution in [3.8, 4) is 17.2 Å². The van der Waals surface area contributed by atoms with Gasteiger partial charge < -0.3 is 24.6 Å². The zero-order valence-corrected chi connectivity index (χ0v) is 15.6. The van der Waals surface area contributed by atoms with Crippen LogP contribution in [0.4, 0.5) is 5.69 Å². The molecule has 2 rings (SSSR count). The molecule has 7 heteroatoms. The zero-order valence-electron chi connectivity index (χ0n) is 15.6. The van der Waals surface area contributed by atoms with Crippen molar-refractivity contribution in [2.24, 2.45) is 0 Å². The summed E-state index contributed by atoms with van der Waals surface area (Å²) >= 11 is 0. The summed E-state index contributed by atoms with van der Waals surface area (Å²) in [6, 6.07) is 10.0. The third-order valence-electron chi connectivity index (χ3n) is 3.61. The van der Waals surface area contributed by atoms with E-state index in [1.165, 1.54) is 12.1 Å². The van der Waals surface area contributed by atoms with Crippen LogP contribution >= 0.6 is 0 Å². The first-order valence-corrected chi connectivity index (χ1v) is 8.60. The molecule has 2 aromatic rings. The molecule has 7 nitrogen and oxygen atoms in total. The van der Waals surface area contributed by atoms with E-state index in [0.29, 0.717) is 30.2 Å². The number of rotatable bonds is 9. The largest absolute Gasteiger partial charge is 0.494 e. The summed E-state index contributed by atoms with van der Waals surface area (Å²) < 4.78 is 16.1. The number of carboxylic acids is 1. The van der Waals surface area contributed by atoms with Gasteiger partial charge in [-0.05, 0) is 62.7 Å². The number of benzene rings is 2. The predicted octanol–water partition coefficient (Wildman–Crippen LogP) is 3.51. The summed E-state index contributed by atoms with van der Waals surface area (Å²) in [6.45, 7) is 6.01. The standard InChI is InChI=1S/C20H23NO6/c1-4-25-15-7-8-16(13(3)10-15)21-20(24)14-6-9-17(27-12-19(22)23)18(11-14)26-5-2/h6-11H,4-5,12H2,1-3H3,(H,21,24)(H,22,23). The monoisotopic (exact) mass is 373 g/mol. The number of carbonyl (C=O) groups is 2. The van der Waals surface area contributed by atoms with Crippen LogP contribution in [0.1, 0.15) is 29.8 Å². The topological polar surface area (TPSA) is 94.1 Å². The molecule has 0 spiro atoms. The van der Waals surface area contributed by atoms with E-state index < -0.39 is 12.6 Å². The van der Waals surface area contributed by atoms with Crippen molar-refractivity contribution in [2.75, 3.05) is 25.1 Å². The van der Waals surface area contributed by atoms with Crippen LogP contribution in [0.25, 0.3) is 0 Å². The van der Waals surface area contributed by atoms with Crippen molar-refractivity contribution in [1.82, 2.24) is 0 Å². The van der Waals surface area contributed by atoms with Gasteiger partial charge in [-0.2, -0.15) is 0 Å². The molecule has 2 aromatic carbocycles. The van der Waals surface area contributed by atoms with Crippen molar-refractivity contribution in [3.05, 3.63) is 47.5 Å². The number of amides is 1. The lowest BCUT2D eigenvalue weighted by atomic mass is 10.1. The fourth-order valence-electron chi connectivity index (χ4n) is 2.40.